The minimum atomic E-state index is -0.268. The summed E-state index contributed by atoms with van der Waals surface area (Å²) in [4.78, 5) is 18.5. The van der Waals surface area contributed by atoms with Gasteiger partial charge in [-0.15, -0.1) is 5.10 Å². The summed E-state index contributed by atoms with van der Waals surface area (Å²) in [5.74, 6) is 1.60. The van der Waals surface area contributed by atoms with Crippen molar-refractivity contribution in [1.82, 2.24) is 30.1 Å². The van der Waals surface area contributed by atoms with E-state index in [2.05, 4.69) is 65.2 Å². The first kappa shape index (κ1) is 24.6. The Morgan fingerprint density at radius 1 is 1.11 bits per heavy atom. The number of benzene rings is 2. The number of nitrogens with one attached hydrogen (secondary N) is 1. The molecule has 2 aromatic heterocycles. The number of aromatic amines is 1. The molecule has 0 bridgehead atoms. The van der Waals surface area contributed by atoms with Crippen molar-refractivity contribution >= 4 is 10.9 Å². The van der Waals surface area contributed by atoms with Crippen molar-refractivity contribution in [1.29, 1.82) is 0 Å². The van der Waals surface area contributed by atoms with E-state index in [4.69, 9.17) is 4.74 Å². The molecular formula is C27H34N6O2. The highest BCUT2D eigenvalue weighted by molar-refractivity contribution is 5.81. The predicted octanol–water partition coefficient (Wildman–Crippen LogP) is 4.74. The van der Waals surface area contributed by atoms with Crippen LogP contribution in [-0.2, 0) is 18.6 Å². The average molecular weight is 475 g/mol. The van der Waals surface area contributed by atoms with Crippen LogP contribution in [0.15, 0.2) is 53.3 Å². The number of aryl methyl sites for hydroxylation is 1. The molecule has 0 aliphatic carbocycles. The molecule has 8 heteroatoms. The summed E-state index contributed by atoms with van der Waals surface area (Å²) >= 11 is 0. The van der Waals surface area contributed by atoms with Gasteiger partial charge in [0.2, 0.25) is 0 Å². The van der Waals surface area contributed by atoms with Crippen LogP contribution in [0.1, 0.15) is 62.7 Å². The number of tetrazole rings is 1. The van der Waals surface area contributed by atoms with Gasteiger partial charge in [0.1, 0.15) is 5.75 Å². The van der Waals surface area contributed by atoms with Gasteiger partial charge in [-0.3, -0.25) is 9.69 Å². The van der Waals surface area contributed by atoms with E-state index in [0.29, 0.717) is 18.7 Å². The molecular weight excluding hydrogens is 440 g/mol. The molecule has 0 saturated heterocycles. The van der Waals surface area contributed by atoms with Crippen LogP contribution in [-0.4, -0.2) is 37.2 Å². The first-order valence-electron chi connectivity index (χ1n) is 12.0. The van der Waals surface area contributed by atoms with E-state index in [0.717, 1.165) is 40.0 Å². The van der Waals surface area contributed by atoms with E-state index >= 15 is 0 Å². The Labute approximate surface area is 205 Å². The number of fused-ring (bicyclic) bond motifs is 1. The fourth-order valence-corrected chi connectivity index (χ4v) is 4.49. The molecule has 8 nitrogen and oxygen atoms in total. The second kappa shape index (κ2) is 10.00. The average Bonchev–Trinajstić information content (AvgIpc) is 3.31. The molecule has 0 aliphatic heterocycles. The van der Waals surface area contributed by atoms with Gasteiger partial charge in [0.25, 0.3) is 5.56 Å². The Morgan fingerprint density at radius 2 is 1.86 bits per heavy atom. The number of para-hydroxylation sites is 1. The van der Waals surface area contributed by atoms with Crippen LogP contribution in [0.25, 0.3) is 10.9 Å². The molecule has 0 spiro atoms. The van der Waals surface area contributed by atoms with Gasteiger partial charge in [0.05, 0.1) is 24.2 Å². The molecule has 0 unspecified atom stereocenters. The molecule has 1 N–H and O–H groups in total. The zero-order chi connectivity index (χ0) is 25.2. The monoisotopic (exact) mass is 474 g/mol. The highest BCUT2D eigenvalue weighted by Gasteiger charge is 2.29. The molecule has 4 rings (SSSR count). The van der Waals surface area contributed by atoms with E-state index in [-0.39, 0.29) is 17.1 Å². The van der Waals surface area contributed by atoms with Crippen LogP contribution in [0.3, 0.4) is 0 Å². The lowest BCUT2D eigenvalue weighted by Gasteiger charge is -2.32. The van der Waals surface area contributed by atoms with Crippen molar-refractivity contribution in [2.45, 2.75) is 65.7 Å². The first-order valence-corrected chi connectivity index (χ1v) is 12.0. The number of aromatic nitrogens is 5. The Kier molecular flexibility index (Phi) is 7.03. The maximum atomic E-state index is 13.1. The minimum absolute atomic E-state index is 0.0724. The molecule has 0 fully saturated rings. The second-order valence-corrected chi connectivity index (χ2v) is 9.96. The number of rotatable bonds is 8. The molecule has 0 amide bonds. The highest BCUT2D eigenvalue weighted by Crippen LogP contribution is 2.29. The SMILES string of the molecule is CC[C@@H](c1nnnn1C(C)(C)C)N(Cc1ccc(OC)cc1)Cc1cc2cccc(C)c2[nH]c1=O. The smallest absolute Gasteiger partial charge is 0.252 e. The Morgan fingerprint density at radius 3 is 2.51 bits per heavy atom. The third-order valence-corrected chi connectivity index (χ3v) is 6.34. The van der Waals surface area contributed by atoms with Crippen LogP contribution in [0.4, 0.5) is 0 Å². The summed E-state index contributed by atoms with van der Waals surface area (Å²) in [6.07, 6.45) is 0.789. The second-order valence-electron chi connectivity index (χ2n) is 9.96. The highest BCUT2D eigenvalue weighted by atomic mass is 16.5. The number of pyridine rings is 1. The Hall–Kier alpha value is -3.52. The number of hydrogen-bond donors (Lipinski definition) is 1. The van der Waals surface area contributed by atoms with Crippen molar-refractivity contribution in [3.05, 3.63) is 81.4 Å². The lowest BCUT2D eigenvalue weighted by Crippen LogP contribution is -2.35. The lowest BCUT2D eigenvalue weighted by atomic mass is 10.0. The molecule has 0 aliphatic rings. The van der Waals surface area contributed by atoms with Gasteiger partial charge in [-0.1, -0.05) is 37.3 Å². The van der Waals surface area contributed by atoms with E-state index in [9.17, 15) is 4.79 Å². The van der Waals surface area contributed by atoms with Crippen molar-refractivity contribution in [2.24, 2.45) is 0 Å². The molecule has 0 radical (unpaired) electrons. The van der Waals surface area contributed by atoms with Gasteiger partial charge in [0, 0.05) is 18.7 Å². The fourth-order valence-electron chi connectivity index (χ4n) is 4.49. The molecule has 2 aromatic carbocycles. The summed E-state index contributed by atoms with van der Waals surface area (Å²) in [7, 11) is 1.66. The van der Waals surface area contributed by atoms with E-state index in [1.807, 2.05) is 48.0 Å². The summed E-state index contributed by atoms with van der Waals surface area (Å²) in [6.45, 7) is 11.5. The van der Waals surface area contributed by atoms with Crippen LogP contribution in [0.5, 0.6) is 5.75 Å². The number of methoxy groups -OCH3 is 1. The van der Waals surface area contributed by atoms with Gasteiger partial charge in [-0.25, -0.2) is 4.68 Å². The molecule has 2 heterocycles. The largest absolute Gasteiger partial charge is 0.497 e. The van der Waals surface area contributed by atoms with Crippen LogP contribution < -0.4 is 10.3 Å². The number of nitrogens with zero attached hydrogens (tertiary/aromatic N) is 5. The standard InChI is InChI=1S/C27H34N6O2/c1-7-23(25-29-30-31-33(25)27(3,4)5)32(16-19-11-13-22(35-6)14-12-19)17-21-15-20-10-8-9-18(2)24(20)28-26(21)34/h8-15,23H,7,16-17H2,1-6H3,(H,28,34)/t23-/m0/s1. The van der Waals surface area contributed by atoms with E-state index < -0.39 is 0 Å². The van der Waals surface area contributed by atoms with Crippen LogP contribution >= 0.6 is 0 Å². The molecule has 4 aromatic rings. The zero-order valence-corrected chi connectivity index (χ0v) is 21.4. The van der Waals surface area contributed by atoms with Gasteiger partial charge in [-0.2, -0.15) is 0 Å². The zero-order valence-electron chi connectivity index (χ0n) is 21.4. The van der Waals surface area contributed by atoms with Crippen molar-refractivity contribution in [3.8, 4) is 5.75 Å². The van der Waals surface area contributed by atoms with Crippen LogP contribution in [0.2, 0.25) is 0 Å². The maximum absolute atomic E-state index is 13.1. The topological polar surface area (TPSA) is 88.9 Å². The van der Waals surface area contributed by atoms with Crippen LogP contribution in [0, 0.1) is 6.92 Å². The van der Waals surface area contributed by atoms with Gasteiger partial charge in [-0.05, 0) is 79.3 Å². The summed E-state index contributed by atoms with van der Waals surface area (Å²) in [6, 6.07) is 16.0. The summed E-state index contributed by atoms with van der Waals surface area (Å²) in [5.41, 5.74) is 3.42. The number of hydrogen-bond acceptors (Lipinski definition) is 6. The fraction of sp³-hybridized carbons (Fsp3) is 0.407. The Balaban J connectivity index is 1.77. The third-order valence-electron chi connectivity index (χ3n) is 6.34. The molecule has 35 heavy (non-hydrogen) atoms. The number of ether oxygens (including phenoxy) is 1. The number of H-pyrrole nitrogens is 1. The van der Waals surface area contributed by atoms with E-state index in [1.165, 1.54) is 0 Å². The van der Waals surface area contributed by atoms with Crippen molar-refractivity contribution in [2.75, 3.05) is 7.11 Å². The Bertz CT molecular complexity index is 1350. The third kappa shape index (κ3) is 5.27. The normalized spacial score (nSPS) is 12.9. The predicted molar refractivity (Wildman–Crippen MR) is 137 cm³/mol. The molecule has 1 atom stereocenters. The van der Waals surface area contributed by atoms with Gasteiger partial charge >= 0.3 is 0 Å². The van der Waals surface area contributed by atoms with Crippen molar-refractivity contribution < 1.29 is 4.74 Å². The molecule has 0 saturated carbocycles. The first-order chi connectivity index (χ1) is 16.7. The quantitative estimate of drug-likeness (QED) is 0.397. The minimum Gasteiger partial charge on any atom is -0.497 e. The van der Waals surface area contributed by atoms with E-state index in [1.54, 1.807) is 7.11 Å². The van der Waals surface area contributed by atoms with Gasteiger partial charge < -0.3 is 9.72 Å². The van der Waals surface area contributed by atoms with Crippen molar-refractivity contribution in [3.63, 3.8) is 0 Å². The summed E-state index contributed by atoms with van der Waals surface area (Å²) < 4.78 is 7.21. The maximum Gasteiger partial charge on any atom is 0.252 e. The summed E-state index contributed by atoms with van der Waals surface area (Å²) in [5, 5.41) is 13.7. The lowest BCUT2D eigenvalue weighted by molar-refractivity contribution is 0.153. The van der Waals surface area contributed by atoms with Gasteiger partial charge in [0.15, 0.2) is 5.82 Å². The molecule has 184 valence electrons.